The van der Waals surface area contributed by atoms with Crippen LogP contribution in [0.15, 0.2) is 60.7 Å². The summed E-state index contributed by atoms with van der Waals surface area (Å²) < 4.78 is 127. The summed E-state index contributed by atoms with van der Waals surface area (Å²) in [5.74, 6) is -7.63. The summed E-state index contributed by atoms with van der Waals surface area (Å²) in [5, 5.41) is 0. The van der Waals surface area contributed by atoms with Gasteiger partial charge in [0.05, 0.1) is 5.56 Å². The van der Waals surface area contributed by atoms with Crippen LogP contribution in [0.1, 0.15) is 30.0 Å². The molecule has 0 bridgehead atoms. The van der Waals surface area contributed by atoms with Gasteiger partial charge in [-0.15, -0.1) is 0 Å². The monoisotopic (exact) mass is 504 g/mol. The third kappa shape index (κ3) is 5.80. The average Bonchev–Trinajstić information content (AvgIpc) is 2.75. The van der Waals surface area contributed by atoms with Gasteiger partial charge in [0.2, 0.25) is 0 Å². The molecule has 10 heteroatoms. The molecule has 0 saturated carbocycles. The topological polar surface area (TPSA) is 9.23 Å². The summed E-state index contributed by atoms with van der Waals surface area (Å²) in [5.41, 5.74) is -3.05. The predicted molar refractivity (Wildman–Crippen MR) is 111 cm³/mol. The third-order valence-electron chi connectivity index (χ3n) is 5.06. The maximum atomic E-state index is 14.6. The molecule has 35 heavy (non-hydrogen) atoms. The van der Waals surface area contributed by atoms with E-state index in [1.165, 1.54) is 12.1 Å². The van der Waals surface area contributed by atoms with Crippen molar-refractivity contribution in [1.82, 2.24) is 0 Å². The van der Waals surface area contributed by atoms with Crippen LogP contribution in [0.4, 0.5) is 39.5 Å². The fraction of sp³-hybridized carbons (Fsp3) is 0.200. The van der Waals surface area contributed by atoms with Crippen LogP contribution in [0, 0.1) is 23.3 Å². The Balaban J connectivity index is 1.84. The highest BCUT2D eigenvalue weighted by molar-refractivity contribution is 5.65. The van der Waals surface area contributed by atoms with Crippen LogP contribution in [0.2, 0.25) is 0 Å². The smallest absolute Gasteiger partial charge is 0.426 e. The maximum Gasteiger partial charge on any atom is 0.426 e. The molecule has 0 aromatic heterocycles. The Labute approximate surface area is 194 Å². The molecule has 0 saturated heterocycles. The number of hydrogen-bond donors (Lipinski definition) is 0. The molecule has 0 N–H and O–H groups in total. The number of hydrogen-bond acceptors (Lipinski definition) is 1. The number of benzene rings is 3. The van der Waals surface area contributed by atoms with Gasteiger partial charge in [-0.2, -0.15) is 22.0 Å². The lowest BCUT2D eigenvalue weighted by Crippen LogP contribution is -2.22. The van der Waals surface area contributed by atoms with Crippen LogP contribution in [0.25, 0.3) is 11.1 Å². The standard InChI is InChI=1S/C25H17F9O/c1-2-3-4-5-15-8-11-18(23(29)22(15)28)14-6-9-16(10-7-14)25(33,34)35-17-12-19(26)21(20(27)13-17)24(30,31)32/h2-3,6-13H,4-5H2,1H3. The van der Waals surface area contributed by atoms with E-state index in [4.69, 9.17) is 0 Å². The fourth-order valence-electron chi connectivity index (χ4n) is 3.34. The van der Waals surface area contributed by atoms with Crippen LogP contribution in [0.5, 0.6) is 5.75 Å². The number of rotatable bonds is 7. The Morgan fingerprint density at radius 1 is 0.800 bits per heavy atom. The largest absolute Gasteiger partial charge is 0.429 e. The molecule has 0 heterocycles. The third-order valence-corrected chi connectivity index (χ3v) is 5.06. The van der Waals surface area contributed by atoms with Crippen molar-refractivity contribution >= 4 is 0 Å². The number of aryl methyl sites for hydroxylation is 1. The van der Waals surface area contributed by atoms with E-state index in [0.29, 0.717) is 6.42 Å². The van der Waals surface area contributed by atoms with Gasteiger partial charge in [-0.1, -0.05) is 36.4 Å². The molecule has 3 rings (SSSR count). The van der Waals surface area contributed by atoms with Crippen molar-refractivity contribution in [2.75, 3.05) is 0 Å². The summed E-state index contributed by atoms with van der Waals surface area (Å²) in [4.78, 5) is 0. The molecule has 0 radical (unpaired) electrons. The normalized spacial score (nSPS) is 12.4. The van der Waals surface area contributed by atoms with Gasteiger partial charge in [0.15, 0.2) is 11.6 Å². The first kappa shape index (κ1) is 26.2. The van der Waals surface area contributed by atoms with Gasteiger partial charge < -0.3 is 4.74 Å². The van der Waals surface area contributed by atoms with E-state index < -0.39 is 52.4 Å². The molecule has 3 aromatic rings. The lowest BCUT2D eigenvalue weighted by Gasteiger charge is -2.19. The van der Waals surface area contributed by atoms with Gasteiger partial charge in [-0.25, -0.2) is 17.6 Å². The molecule has 0 aliphatic heterocycles. The highest BCUT2D eigenvalue weighted by atomic mass is 19.4. The lowest BCUT2D eigenvalue weighted by atomic mass is 9.99. The zero-order valence-electron chi connectivity index (χ0n) is 18.0. The minimum absolute atomic E-state index is 0.00973. The van der Waals surface area contributed by atoms with Crippen molar-refractivity contribution in [2.45, 2.75) is 32.1 Å². The fourth-order valence-corrected chi connectivity index (χ4v) is 3.34. The molecular formula is C25H17F9O. The summed E-state index contributed by atoms with van der Waals surface area (Å²) in [6.45, 7) is 1.79. The van der Waals surface area contributed by atoms with Crippen molar-refractivity contribution in [3.63, 3.8) is 0 Å². The summed E-state index contributed by atoms with van der Waals surface area (Å²) >= 11 is 0. The minimum Gasteiger partial charge on any atom is -0.429 e. The number of allylic oxidation sites excluding steroid dienone is 2. The van der Waals surface area contributed by atoms with Crippen molar-refractivity contribution in [3.8, 4) is 16.9 Å². The van der Waals surface area contributed by atoms with Crippen molar-refractivity contribution < 1.29 is 44.3 Å². The molecule has 0 aliphatic rings. The second-order valence-electron chi connectivity index (χ2n) is 7.46. The molecular weight excluding hydrogens is 487 g/mol. The Bertz CT molecular complexity index is 1210. The molecule has 0 amide bonds. The molecule has 0 fully saturated rings. The first-order valence-electron chi connectivity index (χ1n) is 10.2. The van der Waals surface area contributed by atoms with E-state index in [-0.39, 0.29) is 35.2 Å². The van der Waals surface area contributed by atoms with E-state index in [0.717, 1.165) is 24.3 Å². The Kier molecular flexibility index (Phi) is 7.52. The highest BCUT2D eigenvalue weighted by Gasteiger charge is 2.40. The van der Waals surface area contributed by atoms with Crippen LogP contribution in [-0.4, -0.2) is 0 Å². The van der Waals surface area contributed by atoms with Crippen molar-refractivity contribution in [2.24, 2.45) is 0 Å². The maximum absolute atomic E-state index is 14.6. The van der Waals surface area contributed by atoms with Crippen molar-refractivity contribution in [3.05, 3.63) is 101 Å². The van der Waals surface area contributed by atoms with E-state index >= 15 is 0 Å². The van der Waals surface area contributed by atoms with Crippen LogP contribution in [0.3, 0.4) is 0 Å². The second-order valence-corrected chi connectivity index (χ2v) is 7.46. The summed E-state index contributed by atoms with van der Waals surface area (Å²) in [7, 11) is 0. The lowest BCUT2D eigenvalue weighted by molar-refractivity contribution is -0.185. The SMILES string of the molecule is CC=CCCc1ccc(-c2ccc(C(F)(F)Oc3cc(F)c(C(F)(F)F)c(F)c3)cc2)c(F)c1F. The van der Waals surface area contributed by atoms with Crippen LogP contribution in [-0.2, 0) is 18.7 Å². The Hall–Kier alpha value is -3.43. The number of halogens is 9. The average molecular weight is 504 g/mol. The predicted octanol–water partition coefficient (Wildman–Crippen LogP) is 8.57. The zero-order chi connectivity index (χ0) is 26.0. The van der Waals surface area contributed by atoms with Crippen LogP contribution < -0.4 is 4.74 Å². The molecule has 0 aliphatic carbocycles. The molecule has 3 aromatic carbocycles. The molecule has 0 spiro atoms. The quantitative estimate of drug-likeness (QED) is 0.231. The zero-order valence-corrected chi connectivity index (χ0v) is 18.0. The molecule has 0 unspecified atom stereocenters. The number of alkyl halides is 5. The first-order chi connectivity index (χ1) is 16.3. The van der Waals surface area contributed by atoms with Gasteiger partial charge in [-0.3, -0.25) is 0 Å². The Morgan fingerprint density at radius 3 is 1.94 bits per heavy atom. The molecule has 186 valence electrons. The van der Waals surface area contributed by atoms with Gasteiger partial charge in [-0.05, 0) is 43.0 Å². The number of ether oxygens (including phenoxy) is 1. The van der Waals surface area contributed by atoms with Gasteiger partial charge in [0.25, 0.3) is 0 Å². The summed E-state index contributed by atoms with van der Waals surface area (Å²) in [6, 6.07) is 6.40. The molecule has 0 atom stereocenters. The highest BCUT2D eigenvalue weighted by Crippen LogP contribution is 2.38. The van der Waals surface area contributed by atoms with E-state index in [1.54, 1.807) is 19.1 Å². The van der Waals surface area contributed by atoms with Gasteiger partial charge >= 0.3 is 12.3 Å². The van der Waals surface area contributed by atoms with Gasteiger partial charge in [0, 0.05) is 17.7 Å². The van der Waals surface area contributed by atoms with Crippen molar-refractivity contribution in [1.29, 1.82) is 0 Å². The summed E-state index contributed by atoms with van der Waals surface area (Å²) in [6.07, 6.45) is -5.25. The second kappa shape index (κ2) is 10.1. The van der Waals surface area contributed by atoms with Crippen LogP contribution >= 0.6 is 0 Å². The first-order valence-corrected chi connectivity index (χ1v) is 10.2. The Morgan fingerprint density at radius 2 is 1.40 bits per heavy atom. The van der Waals surface area contributed by atoms with E-state index in [9.17, 15) is 39.5 Å². The molecule has 1 nitrogen and oxygen atoms in total. The minimum atomic E-state index is -5.37. The van der Waals surface area contributed by atoms with E-state index in [2.05, 4.69) is 4.74 Å². The van der Waals surface area contributed by atoms with E-state index in [1.807, 2.05) is 0 Å². The van der Waals surface area contributed by atoms with Gasteiger partial charge in [0.1, 0.15) is 22.9 Å².